The predicted octanol–water partition coefficient (Wildman–Crippen LogP) is 1.44. The largest absolute Gasteiger partial charge is 0.241 e. The average molecular weight is 265 g/mol. The summed E-state index contributed by atoms with van der Waals surface area (Å²) < 4.78 is 24.7. The molecule has 1 aromatic carbocycles. The van der Waals surface area contributed by atoms with E-state index in [0.29, 0.717) is 11.4 Å². The third-order valence-corrected chi connectivity index (χ3v) is 4.01. The molecule has 0 aliphatic rings. The first kappa shape index (κ1) is 12.8. The molecule has 2 rings (SSSR count). The molecule has 0 amide bonds. The zero-order valence-electron chi connectivity index (χ0n) is 10.5. The highest BCUT2D eigenvalue weighted by atomic mass is 32.2. The van der Waals surface area contributed by atoms with Crippen LogP contribution >= 0.6 is 0 Å². The highest BCUT2D eigenvalue weighted by Gasteiger charge is 2.21. The minimum Gasteiger partial charge on any atom is -0.236 e. The summed E-state index contributed by atoms with van der Waals surface area (Å²) in [7, 11) is -3.75. The maximum Gasteiger partial charge on any atom is 0.241 e. The van der Waals surface area contributed by atoms with Gasteiger partial charge in [-0.25, -0.2) is 18.2 Å². The smallest absolute Gasteiger partial charge is 0.236 e. The maximum atomic E-state index is 11.5. The summed E-state index contributed by atoms with van der Waals surface area (Å²) in [5.74, 6) is 0. The van der Waals surface area contributed by atoms with Gasteiger partial charge in [0.25, 0.3) is 0 Å². The van der Waals surface area contributed by atoms with Crippen molar-refractivity contribution in [2.75, 3.05) is 0 Å². The summed E-state index contributed by atoms with van der Waals surface area (Å²) in [4.78, 5) is 0.103. The van der Waals surface area contributed by atoms with Crippen molar-refractivity contribution in [3.8, 4) is 5.69 Å². The van der Waals surface area contributed by atoms with Gasteiger partial charge in [-0.15, -0.1) is 0 Å². The lowest BCUT2D eigenvalue weighted by molar-refractivity contribution is 0.596. The highest BCUT2D eigenvalue weighted by Crippen LogP contribution is 2.22. The Balaban J connectivity index is 2.74. The van der Waals surface area contributed by atoms with Crippen molar-refractivity contribution in [3.05, 3.63) is 41.2 Å². The molecule has 0 radical (unpaired) electrons. The Labute approximate surface area is 106 Å². The summed E-state index contributed by atoms with van der Waals surface area (Å²) in [6.45, 7) is 5.29. The first-order valence-corrected chi connectivity index (χ1v) is 7.02. The SMILES string of the molecule is Cc1ccccc1-n1nc(C)c(S(N)(=O)=O)c1C. The van der Waals surface area contributed by atoms with Crippen LogP contribution in [0.1, 0.15) is 17.0 Å². The van der Waals surface area contributed by atoms with Gasteiger partial charge in [0.1, 0.15) is 4.90 Å². The summed E-state index contributed by atoms with van der Waals surface area (Å²) >= 11 is 0. The molecule has 6 heteroatoms. The third-order valence-electron chi connectivity index (χ3n) is 2.85. The van der Waals surface area contributed by atoms with Crippen molar-refractivity contribution in [1.82, 2.24) is 9.78 Å². The van der Waals surface area contributed by atoms with E-state index in [9.17, 15) is 8.42 Å². The van der Waals surface area contributed by atoms with Gasteiger partial charge in [0, 0.05) is 0 Å². The third kappa shape index (κ3) is 2.04. The molecule has 2 N–H and O–H groups in total. The summed E-state index contributed by atoms with van der Waals surface area (Å²) in [5, 5.41) is 9.47. The topological polar surface area (TPSA) is 78.0 Å². The predicted molar refractivity (Wildman–Crippen MR) is 69.1 cm³/mol. The van der Waals surface area contributed by atoms with Crippen LogP contribution in [0, 0.1) is 20.8 Å². The Kier molecular flexibility index (Phi) is 3.00. The number of rotatable bonds is 2. The normalized spacial score (nSPS) is 11.8. The lowest BCUT2D eigenvalue weighted by atomic mass is 10.2. The van der Waals surface area contributed by atoms with Crippen LogP contribution in [0.5, 0.6) is 0 Å². The second-order valence-electron chi connectivity index (χ2n) is 4.24. The van der Waals surface area contributed by atoms with Crippen LogP contribution in [0.4, 0.5) is 0 Å². The molecule has 0 spiro atoms. The van der Waals surface area contributed by atoms with Crippen molar-refractivity contribution in [3.63, 3.8) is 0 Å². The molecule has 1 aromatic heterocycles. The van der Waals surface area contributed by atoms with Crippen molar-refractivity contribution in [1.29, 1.82) is 0 Å². The van der Waals surface area contributed by atoms with Gasteiger partial charge in [-0.3, -0.25) is 0 Å². The molecule has 0 aliphatic carbocycles. The lowest BCUT2D eigenvalue weighted by Gasteiger charge is -2.07. The monoisotopic (exact) mass is 265 g/mol. The van der Waals surface area contributed by atoms with E-state index >= 15 is 0 Å². The molecule has 1 heterocycles. The van der Waals surface area contributed by atoms with Gasteiger partial charge in [-0.2, -0.15) is 5.10 Å². The fraction of sp³-hybridized carbons (Fsp3) is 0.250. The van der Waals surface area contributed by atoms with Crippen molar-refractivity contribution in [2.45, 2.75) is 25.7 Å². The van der Waals surface area contributed by atoms with Crippen LogP contribution < -0.4 is 5.14 Å². The molecule has 0 saturated carbocycles. The molecular formula is C12H15N3O2S. The second kappa shape index (κ2) is 4.22. The number of para-hydroxylation sites is 1. The first-order chi connectivity index (χ1) is 8.32. The van der Waals surface area contributed by atoms with Gasteiger partial charge < -0.3 is 0 Å². The lowest BCUT2D eigenvalue weighted by Crippen LogP contribution is -2.14. The fourth-order valence-corrected chi connectivity index (χ4v) is 3.03. The number of primary sulfonamides is 1. The Morgan fingerprint density at radius 3 is 2.28 bits per heavy atom. The molecule has 5 nitrogen and oxygen atoms in total. The zero-order valence-corrected chi connectivity index (χ0v) is 11.3. The summed E-state index contributed by atoms with van der Waals surface area (Å²) in [5.41, 5.74) is 2.82. The highest BCUT2D eigenvalue weighted by molar-refractivity contribution is 7.89. The molecule has 0 bridgehead atoms. The quantitative estimate of drug-likeness (QED) is 0.892. The molecule has 0 saturated heterocycles. The minimum atomic E-state index is -3.75. The number of nitrogens with zero attached hydrogens (tertiary/aromatic N) is 2. The van der Waals surface area contributed by atoms with E-state index in [1.54, 1.807) is 18.5 Å². The summed E-state index contributed by atoms with van der Waals surface area (Å²) in [6.07, 6.45) is 0. The summed E-state index contributed by atoms with van der Waals surface area (Å²) in [6, 6.07) is 7.64. The maximum absolute atomic E-state index is 11.5. The van der Waals surface area contributed by atoms with Crippen molar-refractivity contribution >= 4 is 10.0 Å². The van der Waals surface area contributed by atoms with Gasteiger partial charge in [0.2, 0.25) is 10.0 Å². The van der Waals surface area contributed by atoms with Crippen LogP contribution in [0.15, 0.2) is 29.2 Å². The van der Waals surface area contributed by atoms with E-state index in [1.165, 1.54) is 0 Å². The van der Waals surface area contributed by atoms with Crippen molar-refractivity contribution in [2.24, 2.45) is 5.14 Å². The van der Waals surface area contributed by atoms with Crippen molar-refractivity contribution < 1.29 is 8.42 Å². The van der Waals surface area contributed by atoms with Gasteiger partial charge >= 0.3 is 0 Å². The van der Waals surface area contributed by atoms with E-state index in [-0.39, 0.29) is 4.90 Å². The standard InChI is InChI=1S/C12H15N3O2S/c1-8-6-4-5-7-11(8)15-10(3)12(9(2)14-15)18(13,16)17/h4-7H,1-3H3,(H2,13,16,17). The molecule has 0 atom stereocenters. The second-order valence-corrected chi connectivity index (χ2v) is 5.74. The molecular weight excluding hydrogens is 250 g/mol. The van der Waals surface area contributed by atoms with E-state index in [0.717, 1.165) is 11.3 Å². The van der Waals surface area contributed by atoms with Gasteiger partial charge in [-0.05, 0) is 32.4 Å². The van der Waals surface area contributed by atoms with Crippen LogP contribution in [-0.4, -0.2) is 18.2 Å². The van der Waals surface area contributed by atoms with E-state index in [1.807, 2.05) is 31.2 Å². The molecule has 0 aliphatic heterocycles. The number of hydrogen-bond acceptors (Lipinski definition) is 3. The van der Waals surface area contributed by atoms with E-state index in [2.05, 4.69) is 5.10 Å². The number of aryl methyl sites for hydroxylation is 2. The number of sulfonamides is 1. The molecule has 0 fully saturated rings. The Bertz CT molecular complexity index is 702. The van der Waals surface area contributed by atoms with E-state index < -0.39 is 10.0 Å². The Hall–Kier alpha value is -1.66. The number of aromatic nitrogens is 2. The number of nitrogens with two attached hydrogens (primary N) is 1. The van der Waals surface area contributed by atoms with Crippen LogP contribution in [0.25, 0.3) is 5.69 Å². The molecule has 18 heavy (non-hydrogen) atoms. The molecule has 2 aromatic rings. The zero-order chi connectivity index (χ0) is 13.5. The van der Waals surface area contributed by atoms with Crippen LogP contribution in [-0.2, 0) is 10.0 Å². The Morgan fingerprint density at radius 2 is 1.78 bits per heavy atom. The molecule has 0 unspecified atom stereocenters. The average Bonchev–Trinajstić information content (AvgIpc) is 2.54. The van der Waals surface area contributed by atoms with Gasteiger partial charge in [0.15, 0.2) is 0 Å². The van der Waals surface area contributed by atoms with E-state index in [4.69, 9.17) is 5.14 Å². The first-order valence-electron chi connectivity index (χ1n) is 5.47. The number of hydrogen-bond donors (Lipinski definition) is 1. The Morgan fingerprint density at radius 1 is 1.17 bits per heavy atom. The fourth-order valence-electron chi connectivity index (χ4n) is 2.08. The minimum absolute atomic E-state index is 0.103. The van der Waals surface area contributed by atoms with Gasteiger partial charge in [-0.1, -0.05) is 18.2 Å². The van der Waals surface area contributed by atoms with Crippen LogP contribution in [0.2, 0.25) is 0 Å². The van der Waals surface area contributed by atoms with Crippen LogP contribution in [0.3, 0.4) is 0 Å². The van der Waals surface area contributed by atoms with Gasteiger partial charge in [0.05, 0.1) is 17.1 Å². The number of benzene rings is 1. The molecule has 96 valence electrons.